The van der Waals surface area contributed by atoms with E-state index in [0.29, 0.717) is 5.88 Å². The fourth-order valence-corrected chi connectivity index (χ4v) is 2.42. The first-order chi connectivity index (χ1) is 6.81. The Labute approximate surface area is 90.7 Å². The minimum absolute atomic E-state index is 0.709. The van der Waals surface area contributed by atoms with E-state index in [4.69, 9.17) is 11.6 Å². The van der Waals surface area contributed by atoms with Crippen molar-refractivity contribution >= 4 is 17.3 Å². The maximum absolute atomic E-state index is 5.81. The summed E-state index contributed by atoms with van der Waals surface area (Å²) in [6, 6.07) is 8.66. The predicted molar refractivity (Wildman–Crippen MR) is 62.2 cm³/mol. The minimum atomic E-state index is 0.709. The Balaban J connectivity index is 2.28. The molecule has 1 heterocycles. The molecule has 76 valence electrons. The highest BCUT2D eigenvalue weighted by Crippen LogP contribution is 2.28. The Morgan fingerprint density at radius 3 is 3.00 bits per heavy atom. The molecule has 1 aromatic carbocycles. The standard InChI is InChI=1S/C12H16ClN/c1-10-8-11-4-2-3-5-12(11)14(9-10)7-6-13/h2-5,10H,6-9H2,1H3. The van der Waals surface area contributed by atoms with Gasteiger partial charge in [0.1, 0.15) is 0 Å². The van der Waals surface area contributed by atoms with E-state index >= 15 is 0 Å². The van der Waals surface area contributed by atoms with E-state index in [-0.39, 0.29) is 0 Å². The van der Waals surface area contributed by atoms with Crippen LogP contribution in [0.15, 0.2) is 24.3 Å². The van der Waals surface area contributed by atoms with Crippen LogP contribution < -0.4 is 4.90 Å². The van der Waals surface area contributed by atoms with E-state index in [1.54, 1.807) is 0 Å². The van der Waals surface area contributed by atoms with Crippen LogP contribution in [0, 0.1) is 5.92 Å². The second kappa shape index (κ2) is 4.22. The highest BCUT2D eigenvalue weighted by Gasteiger charge is 2.20. The molecule has 1 atom stereocenters. The van der Waals surface area contributed by atoms with E-state index in [0.717, 1.165) is 19.0 Å². The van der Waals surface area contributed by atoms with E-state index in [2.05, 4.69) is 36.1 Å². The number of nitrogens with zero attached hydrogens (tertiary/aromatic N) is 1. The molecule has 0 saturated heterocycles. The lowest BCUT2D eigenvalue weighted by atomic mass is 9.94. The molecule has 14 heavy (non-hydrogen) atoms. The third-order valence-electron chi connectivity index (χ3n) is 2.79. The number of alkyl halides is 1. The quantitative estimate of drug-likeness (QED) is 0.677. The van der Waals surface area contributed by atoms with Gasteiger partial charge in [0.2, 0.25) is 0 Å². The average molecular weight is 210 g/mol. The minimum Gasteiger partial charge on any atom is -0.370 e. The molecule has 1 unspecified atom stereocenters. The van der Waals surface area contributed by atoms with Crippen molar-refractivity contribution in [2.24, 2.45) is 5.92 Å². The normalized spacial score (nSPS) is 20.7. The van der Waals surface area contributed by atoms with Crippen LogP contribution >= 0.6 is 11.6 Å². The topological polar surface area (TPSA) is 3.24 Å². The SMILES string of the molecule is CC1Cc2ccccc2N(CCCl)C1. The van der Waals surface area contributed by atoms with Crippen LogP contribution in [0.1, 0.15) is 12.5 Å². The van der Waals surface area contributed by atoms with Gasteiger partial charge in [-0.2, -0.15) is 0 Å². The molecule has 0 fully saturated rings. The van der Waals surface area contributed by atoms with Gasteiger partial charge in [-0.15, -0.1) is 11.6 Å². The number of halogens is 1. The fourth-order valence-electron chi connectivity index (χ4n) is 2.22. The van der Waals surface area contributed by atoms with Gasteiger partial charge in [-0.1, -0.05) is 25.1 Å². The van der Waals surface area contributed by atoms with Gasteiger partial charge in [-0.05, 0) is 24.0 Å². The largest absolute Gasteiger partial charge is 0.370 e. The number of rotatable bonds is 2. The first kappa shape index (κ1) is 9.85. The van der Waals surface area contributed by atoms with Gasteiger partial charge >= 0.3 is 0 Å². The van der Waals surface area contributed by atoms with Crippen LogP contribution in [0.4, 0.5) is 5.69 Å². The molecular weight excluding hydrogens is 194 g/mol. The molecule has 0 N–H and O–H groups in total. The number of hydrogen-bond acceptors (Lipinski definition) is 1. The summed E-state index contributed by atoms with van der Waals surface area (Å²) in [7, 11) is 0. The summed E-state index contributed by atoms with van der Waals surface area (Å²) in [4.78, 5) is 2.40. The number of anilines is 1. The molecule has 1 nitrogen and oxygen atoms in total. The second-order valence-corrected chi connectivity index (χ2v) is 4.45. The Morgan fingerprint density at radius 2 is 2.21 bits per heavy atom. The van der Waals surface area contributed by atoms with Gasteiger partial charge < -0.3 is 4.90 Å². The predicted octanol–water partition coefficient (Wildman–Crippen LogP) is 2.92. The van der Waals surface area contributed by atoms with Crippen molar-refractivity contribution in [2.45, 2.75) is 13.3 Å². The van der Waals surface area contributed by atoms with Crippen LogP contribution in [0.25, 0.3) is 0 Å². The smallest absolute Gasteiger partial charge is 0.0399 e. The average Bonchev–Trinajstić information content (AvgIpc) is 2.18. The van der Waals surface area contributed by atoms with Crippen molar-refractivity contribution < 1.29 is 0 Å². The molecular formula is C12H16ClN. The maximum atomic E-state index is 5.81. The van der Waals surface area contributed by atoms with Crippen LogP contribution in [0.2, 0.25) is 0 Å². The molecule has 0 bridgehead atoms. The van der Waals surface area contributed by atoms with Gasteiger partial charge in [-0.3, -0.25) is 0 Å². The molecule has 0 saturated carbocycles. The Hall–Kier alpha value is -0.690. The van der Waals surface area contributed by atoms with Crippen molar-refractivity contribution in [3.63, 3.8) is 0 Å². The summed E-state index contributed by atoms with van der Waals surface area (Å²) in [6.07, 6.45) is 1.20. The molecule has 1 aliphatic rings. The summed E-state index contributed by atoms with van der Waals surface area (Å²) in [5.41, 5.74) is 2.85. The Kier molecular flexibility index (Phi) is 2.97. The lowest BCUT2D eigenvalue weighted by Crippen LogP contribution is -2.35. The van der Waals surface area contributed by atoms with Gasteiger partial charge in [0.05, 0.1) is 0 Å². The molecule has 1 aromatic rings. The highest BCUT2D eigenvalue weighted by atomic mass is 35.5. The molecule has 0 spiro atoms. The summed E-state index contributed by atoms with van der Waals surface area (Å²) in [5, 5.41) is 0. The van der Waals surface area contributed by atoms with E-state index < -0.39 is 0 Å². The number of para-hydroxylation sites is 1. The van der Waals surface area contributed by atoms with Gasteiger partial charge in [0, 0.05) is 24.7 Å². The third kappa shape index (κ3) is 1.88. The Morgan fingerprint density at radius 1 is 1.43 bits per heavy atom. The van der Waals surface area contributed by atoms with Gasteiger partial charge in [-0.25, -0.2) is 0 Å². The van der Waals surface area contributed by atoms with Crippen LogP contribution in [-0.2, 0) is 6.42 Å². The van der Waals surface area contributed by atoms with Crippen molar-refractivity contribution in [3.05, 3.63) is 29.8 Å². The van der Waals surface area contributed by atoms with Crippen LogP contribution in [0.3, 0.4) is 0 Å². The first-order valence-electron chi connectivity index (χ1n) is 5.20. The molecule has 0 amide bonds. The monoisotopic (exact) mass is 209 g/mol. The maximum Gasteiger partial charge on any atom is 0.0399 e. The summed E-state index contributed by atoms with van der Waals surface area (Å²) >= 11 is 5.81. The zero-order chi connectivity index (χ0) is 9.97. The Bertz CT molecular complexity index is 311. The number of hydrogen-bond donors (Lipinski definition) is 0. The molecule has 0 radical (unpaired) electrons. The molecule has 2 heteroatoms. The zero-order valence-corrected chi connectivity index (χ0v) is 9.30. The molecule has 2 rings (SSSR count). The number of fused-ring (bicyclic) bond motifs is 1. The lowest BCUT2D eigenvalue weighted by Gasteiger charge is -2.34. The fraction of sp³-hybridized carbons (Fsp3) is 0.500. The van der Waals surface area contributed by atoms with Crippen molar-refractivity contribution in [1.82, 2.24) is 0 Å². The summed E-state index contributed by atoms with van der Waals surface area (Å²) < 4.78 is 0. The summed E-state index contributed by atoms with van der Waals surface area (Å²) in [5.74, 6) is 1.45. The van der Waals surface area contributed by atoms with Crippen molar-refractivity contribution in [2.75, 3.05) is 23.9 Å². The number of benzene rings is 1. The van der Waals surface area contributed by atoms with Gasteiger partial charge in [0.25, 0.3) is 0 Å². The van der Waals surface area contributed by atoms with Crippen LogP contribution in [-0.4, -0.2) is 19.0 Å². The van der Waals surface area contributed by atoms with E-state index in [1.807, 2.05) is 0 Å². The highest BCUT2D eigenvalue weighted by molar-refractivity contribution is 6.18. The van der Waals surface area contributed by atoms with E-state index in [9.17, 15) is 0 Å². The van der Waals surface area contributed by atoms with Crippen LogP contribution in [0.5, 0.6) is 0 Å². The summed E-state index contributed by atoms with van der Waals surface area (Å²) in [6.45, 7) is 4.41. The zero-order valence-electron chi connectivity index (χ0n) is 8.54. The van der Waals surface area contributed by atoms with Gasteiger partial charge in [0.15, 0.2) is 0 Å². The lowest BCUT2D eigenvalue weighted by molar-refractivity contribution is 0.538. The van der Waals surface area contributed by atoms with E-state index in [1.165, 1.54) is 17.7 Å². The first-order valence-corrected chi connectivity index (χ1v) is 5.73. The molecule has 0 aromatic heterocycles. The van der Waals surface area contributed by atoms with Crippen molar-refractivity contribution in [3.8, 4) is 0 Å². The molecule has 0 aliphatic carbocycles. The molecule has 1 aliphatic heterocycles. The van der Waals surface area contributed by atoms with Crippen molar-refractivity contribution in [1.29, 1.82) is 0 Å². The second-order valence-electron chi connectivity index (χ2n) is 4.07. The third-order valence-corrected chi connectivity index (χ3v) is 2.96.